The summed E-state index contributed by atoms with van der Waals surface area (Å²) in [5.74, 6) is -0.283. The van der Waals surface area contributed by atoms with Crippen molar-refractivity contribution in [2.45, 2.75) is 19.8 Å². The first-order valence-corrected chi connectivity index (χ1v) is 9.14. The normalized spacial score (nSPS) is 12.8. The third kappa shape index (κ3) is 4.81. The number of hydrogen-bond donors (Lipinski definition) is 2. The summed E-state index contributed by atoms with van der Waals surface area (Å²) in [6, 6.07) is 9.05. The van der Waals surface area contributed by atoms with Gasteiger partial charge in [0.25, 0.3) is 11.6 Å². The van der Waals surface area contributed by atoms with Gasteiger partial charge in [-0.15, -0.1) is 0 Å². The summed E-state index contributed by atoms with van der Waals surface area (Å²) in [7, 11) is 1.36. The molecule has 0 saturated heterocycles. The van der Waals surface area contributed by atoms with Crippen LogP contribution in [0.15, 0.2) is 36.4 Å². The highest BCUT2D eigenvalue weighted by Crippen LogP contribution is 2.35. The van der Waals surface area contributed by atoms with E-state index < -0.39 is 16.5 Å². The van der Waals surface area contributed by atoms with E-state index in [0.29, 0.717) is 18.0 Å². The van der Waals surface area contributed by atoms with Crippen molar-refractivity contribution < 1.29 is 24.0 Å². The van der Waals surface area contributed by atoms with Gasteiger partial charge in [-0.2, -0.15) is 0 Å². The van der Waals surface area contributed by atoms with Gasteiger partial charge in [0.15, 0.2) is 11.5 Å². The van der Waals surface area contributed by atoms with Crippen LogP contribution >= 0.6 is 0 Å². The van der Waals surface area contributed by atoms with Gasteiger partial charge >= 0.3 is 0 Å². The molecule has 2 aromatic carbocycles. The molecule has 0 aromatic heterocycles. The Kier molecular flexibility index (Phi) is 5.96. The molecule has 29 heavy (non-hydrogen) atoms. The van der Waals surface area contributed by atoms with Crippen molar-refractivity contribution in [1.29, 1.82) is 0 Å². The van der Waals surface area contributed by atoms with E-state index in [0.717, 1.165) is 18.9 Å². The highest BCUT2D eigenvalue weighted by Gasteiger charge is 2.29. The van der Waals surface area contributed by atoms with Gasteiger partial charge in [-0.25, -0.2) is 0 Å². The molecule has 1 saturated carbocycles. The van der Waals surface area contributed by atoms with Crippen LogP contribution in [0, 0.1) is 16.0 Å². The molecule has 0 spiro atoms. The number of nitro benzene ring substituents is 1. The van der Waals surface area contributed by atoms with E-state index >= 15 is 0 Å². The summed E-state index contributed by atoms with van der Waals surface area (Å²) in [6.07, 6.45) is 1.76. The summed E-state index contributed by atoms with van der Waals surface area (Å²) in [5.41, 5.74) is 0.373. The number of ether oxygens (including phenoxy) is 2. The van der Waals surface area contributed by atoms with E-state index in [1.54, 1.807) is 31.2 Å². The highest BCUT2D eigenvalue weighted by atomic mass is 16.6. The second kappa shape index (κ2) is 8.59. The largest absolute Gasteiger partial charge is 0.493 e. The quantitative estimate of drug-likeness (QED) is 0.517. The number of nitrogens with zero attached hydrogens (tertiary/aromatic N) is 1. The van der Waals surface area contributed by atoms with Crippen molar-refractivity contribution in [2.24, 2.45) is 5.92 Å². The first-order valence-electron chi connectivity index (χ1n) is 9.14. The fraction of sp³-hybridized carbons (Fsp3) is 0.300. The van der Waals surface area contributed by atoms with Crippen molar-refractivity contribution in [1.82, 2.24) is 0 Å². The Labute approximate surface area is 167 Å². The van der Waals surface area contributed by atoms with Crippen LogP contribution in [0.5, 0.6) is 11.5 Å². The molecule has 2 aromatic rings. The number of hydrogen-bond acceptors (Lipinski definition) is 6. The van der Waals surface area contributed by atoms with Crippen LogP contribution in [0.1, 0.15) is 30.1 Å². The number of amides is 2. The first kappa shape index (κ1) is 20.1. The Bertz CT molecular complexity index is 955. The number of anilines is 2. The van der Waals surface area contributed by atoms with Gasteiger partial charge in [0.05, 0.1) is 24.7 Å². The van der Waals surface area contributed by atoms with Crippen LogP contribution in [0.2, 0.25) is 0 Å². The lowest BCUT2D eigenvalue weighted by Gasteiger charge is -2.12. The molecule has 9 nitrogen and oxygen atoms in total. The van der Waals surface area contributed by atoms with Gasteiger partial charge in [0.1, 0.15) is 5.56 Å². The maximum absolute atomic E-state index is 12.7. The molecule has 1 aliphatic rings. The average Bonchev–Trinajstić information content (AvgIpc) is 3.53. The monoisotopic (exact) mass is 399 g/mol. The van der Waals surface area contributed by atoms with Crippen molar-refractivity contribution in [2.75, 3.05) is 24.4 Å². The summed E-state index contributed by atoms with van der Waals surface area (Å²) in [4.78, 5) is 35.4. The van der Waals surface area contributed by atoms with Crippen molar-refractivity contribution in [3.05, 3.63) is 52.1 Å². The lowest BCUT2D eigenvalue weighted by atomic mass is 10.1. The first-order chi connectivity index (χ1) is 13.9. The molecule has 3 rings (SSSR count). The van der Waals surface area contributed by atoms with Crippen molar-refractivity contribution in [3.8, 4) is 11.5 Å². The molecule has 0 radical (unpaired) electrons. The van der Waals surface area contributed by atoms with Crippen molar-refractivity contribution >= 4 is 28.9 Å². The lowest BCUT2D eigenvalue weighted by molar-refractivity contribution is -0.385. The third-order valence-corrected chi connectivity index (χ3v) is 4.36. The molecule has 0 heterocycles. The third-order valence-electron chi connectivity index (χ3n) is 4.36. The Hall–Kier alpha value is -3.62. The maximum atomic E-state index is 12.7. The van der Waals surface area contributed by atoms with Gasteiger partial charge in [0, 0.05) is 23.4 Å². The Morgan fingerprint density at radius 1 is 1.14 bits per heavy atom. The molecule has 0 atom stereocenters. The predicted octanol–water partition coefficient (Wildman–Crippen LogP) is 3.60. The van der Waals surface area contributed by atoms with Crippen LogP contribution in [0.3, 0.4) is 0 Å². The van der Waals surface area contributed by atoms with Crippen LogP contribution in [-0.4, -0.2) is 30.5 Å². The fourth-order valence-corrected chi connectivity index (χ4v) is 2.77. The number of rotatable bonds is 8. The molecule has 2 amide bonds. The molecule has 152 valence electrons. The number of carbonyl (C=O) groups is 2. The molecular weight excluding hydrogens is 378 g/mol. The van der Waals surface area contributed by atoms with E-state index in [9.17, 15) is 19.7 Å². The molecule has 1 fully saturated rings. The summed E-state index contributed by atoms with van der Waals surface area (Å²) >= 11 is 0. The van der Waals surface area contributed by atoms with Crippen LogP contribution in [0.4, 0.5) is 17.1 Å². The Morgan fingerprint density at radius 3 is 2.41 bits per heavy atom. The smallest absolute Gasteiger partial charge is 0.286 e. The van der Waals surface area contributed by atoms with E-state index in [4.69, 9.17) is 9.47 Å². The molecule has 0 unspecified atom stereocenters. The minimum Gasteiger partial charge on any atom is -0.493 e. The molecule has 0 aliphatic heterocycles. The van der Waals surface area contributed by atoms with E-state index in [1.165, 1.54) is 13.2 Å². The average molecular weight is 399 g/mol. The minimum atomic E-state index is -0.675. The van der Waals surface area contributed by atoms with E-state index in [1.807, 2.05) is 0 Å². The summed E-state index contributed by atoms with van der Waals surface area (Å²) in [5, 5.41) is 16.9. The predicted molar refractivity (Wildman–Crippen MR) is 107 cm³/mol. The Balaban J connectivity index is 1.85. The van der Waals surface area contributed by atoms with Gasteiger partial charge in [-0.1, -0.05) is 6.07 Å². The van der Waals surface area contributed by atoms with E-state index in [2.05, 4.69) is 10.6 Å². The minimum absolute atomic E-state index is 0.0483. The van der Waals surface area contributed by atoms with Gasteiger partial charge in [0.2, 0.25) is 5.91 Å². The fourth-order valence-electron chi connectivity index (χ4n) is 2.77. The number of nitrogens with one attached hydrogen (secondary N) is 2. The summed E-state index contributed by atoms with van der Waals surface area (Å²) < 4.78 is 10.5. The van der Waals surface area contributed by atoms with Crippen LogP contribution < -0.4 is 20.1 Å². The second-order valence-electron chi connectivity index (χ2n) is 6.51. The number of methoxy groups -OCH3 is 1. The zero-order chi connectivity index (χ0) is 21.0. The number of nitro groups is 1. The molecule has 9 heteroatoms. The van der Waals surface area contributed by atoms with E-state index in [-0.39, 0.29) is 28.9 Å². The molecule has 1 aliphatic carbocycles. The van der Waals surface area contributed by atoms with Gasteiger partial charge in [-0.3, -0.25) is 19.7 Å². The molecule has 2 N–H and O–H groups in total. The molecular formula is C20H21N3O6. The highest BCUT2D eigenvalue weighted by molar-refractivity contribution is 6.08. The number of benzene rings is 2. The molecule has 0 bridgehead atoms. The SMILES string of the molecule is CCOc1cc(C(=O)Nc2cccc(NC(=O)C3CC3)c2)c([N+](=O)[O-])cc1OC. The summed E-state index contributed by atoms with van der Waals surface area (Å²) in [6.45, 7) is 2.06. The zero-order valence-electron chi connectivity index (χ0n) is 16.1. The topological polar surface area (TPSA) is 120 Å². The van der Waals surface area contributed by atoms with Crippen molar-refractivity contribution in [3.63, 3.8) is 0 Å². The Morgan fingerprint density at radius 2 is 1.83 bits per heavy atom. The maximum Gasteiger partial charge on any atom is 0.286 e. The van der Waals surface area contributed by atoms with Crippen LogP contribution in [0.25, 0.3) is 0 Å². The number of carbonyl (C=O) groups excluding carboxylic acids is 2. The zero-order valence-corrected chi connectivity index (χ0v) is 16.1. The van der Waals surface area contributed by atoms with Gasteiger partial charge in [-0.05, 0) is 38.0 Å². The second-order valence-corrected chi connectivity index (χ2v) is 6.51. The van der Waals surface area contributed by atoms with Crippen LogP contribution in [-0.2, 0) is 4.79 Å². The standard InChI is InChI=1S/C20H21N3O6/c1-3-29-18-10-15(16(23(26)27)11-17(18)28-2)20(25)22-14-6-4-5-13(9-14)21-19(24)12-7-8-12/h4-6,9-12H,3,7-8H2,1-2H3,(H,21,24)(H,22,25). The van der Waals surface area contributed by atoms with Gasteiger partial charge < -0.3 is 20.1 Å². The lowest BCUT2D eigenvalue weighted by Crippen LogP contribution is -2.16.